The van der Waals surface area contributed by atoms with Gasteiger partial charge < -0.3 is 5.32 Å². The third-order valence-electron chi connectivity index (χ3n) is 6.32. The molecule has 5 rings (SSSR count). The maximum Gasteiger partial charge on any atom is 0.226 e. The van der Waals surface area contributed by atoms with E-state index in [1.807, 2.05) is 40.3 Å². The lowest BCUT2D eigenvalue weighted by atomic mass is 9.91. The highest BCUT2D eigenvalue weighted by atomic mass is 32.2. The summed E-state index contributed by atoms with van der Waals surface area (Å²) in [7, 11) is 0. The fraction of sp³-hybridized carbons (Fsp3) is 0.333. The third-order valence-corrected chi connectivity index (χ3v) is 8.42. The molecule has 1 saturated carbocycles. The van der Waals surface area contributed by atoms with Crippen molar-refractivity contribution in [3.63, 3.8) is 0 Å². The van der Waals surface area contributed by atoms with Crippen LogP contribution >= 0.6 is 23.1 Å². The fourth-order valence-corrected chi connectivity index (χ4v) is 6.39. The van der Waals surface area contributed by atoms with Crippen molar-refractivity contribution in [2.75, 3.05) is 5.75 Å². The van der Waals surface area contributed by atoms with Crippen LogP contribution in [0.1, 0.15) is 43.6 Å². The first kappa shape index (κ1) is 24.6. The second kappa shape index (κ2) is 11.8. The van der Waals surface area contributed by atoms with Crippen molar-refractivity contribution in [2.45, 2.75) is 50.2 Å². The molecule has 0 saturated heterocycles. The molecule has 2 heterocycles. The zero-order chi connectivity index (χ0) is 24.7. The van der Waals surface area contributed by atoms with E-state index in [2.05, 4.69) is 20.5 Å². The van der Waals surface area contributed by atoms with Crippen LogP contribution in [0.3, 0.4) is 0 Å². The molecule has 0 bridgehead atoms. The van der Waals surface area contributed by atoms with Gasteiger partial charge in [-0.1, -0.05) is 61.4 Å². The summed E-state index contributed by atoms with van der Waals surface area (Å²) in [5.74, 6) is 1.86. The average molecular weight is 522 g/mol. The first-order valence-electron chi connectivity index (χ1n) is 12.3. The summed E-state index contributed by atoms with van der Waals surface area (Å²) in [6.45, 7) is 0.225. The van der Waals surface area contributed by atoms with Crippen LogP contribution < -0.4 is 5.32 Å². The van der Waals surface area contributed by atoms with E-state index in [-0.39, 0.29) is 24.7 Å². The molecule has 0 unspecified atom stereocenters. The van der Waals surface area contributed by atoms with Gasteiger partial charge in [0.05, 0.1) is 18.7 Å². The molecule has 2 aromatic carbocycles. The number of thiazole rings is 1. The Kier molecular flexibility index (Phi) is 8.08. The Labute approximate surface area is 218 Å². The second-order valence-corrected chi connectivity index (χ2v) is 10.8. The number of carbonyl (C=O) groups is 1. The maximum atomic E-state index is 13.6. The van der Waals surface area contributed by atoms with Gasteiger partial charge in [0.25, 0.3) is 0 Å². The summed E-state index contributed by atoms with van der Waals surface area (Å²) in [5, 5.41) is 15.3. The minimum atomic E-state index is -0.295. The number of hydrogen-bond acceptors (Lipinski definition) is 6. The number of benzene rings is 2. The fourth-order valence-electron chi connectivity index (χ4n) is 4.41. The minimum Gasteiger partial charge on any atom is -0.348 e. The molecule has 2 aromatic heterocycles. The topological polar surface area (TPSA) is 72.7 Å². The van der Waals surface area contributed by atoms with E-state index in [9.17, 15) is 9.18 Å². The number of aromatic nitrogens is 4. The molecule has 36 heavy (non-hydrogen) atoms. The zero-order valence-corrected chi connectivity index (χ0v) is 21.5. The maximum absolute atomic E-state index is 13.6. The van der Waals surface area contributed by atoms with Crippen molar-refractivity contribution in [1.29, 1.82) is 0 Å². The highest BCUT2D eigenvalue weighted by Crippen LogP contribution is 2.31. The van der Waals surface area contributed by atoms with Gasteiger partial charge in [-0.25, -0.2) is 9.37 Å². The quantitative estimate of drug-likeness (QED) is 0.271. The Bertz CT molecular complexity index is 1280. The van der Waals surface area contributed by atoms with Gasteiger partial charge in [0.1, 0.15) is 10.8 Å². The van der Waals surface area contributed by atoms with Gasteiger partial charge in [-0.3, -0.25) is 9.36 Å². The normalized spacial score (nSPS) is 14.1. The van der Waals surface area contributed by atoms with Crippen LogP contribution in [-0.2, 0) is 17.8 Å². The zero-order valence-electron chi connectivity index (χ0n) is 19.9. The number of halogens is 1. The van der Waals surface area contributed by atoms with Crippen molar-refractivity contribution < 1.29 is 9.18 Å². The first-order valence-corrected chi connectivity index (χ1v) is 14.1. The van der Waals surface area contributed by atoms with E-state index >= 15 is 0 Å². The predicted octanol–water partition coefficient (Wildman–Crippen LogP) is 6.06. The van der Waals surface area contributed by atoms with Gasteiger partial charge in [0.15, 0.2) is 11.0 Å². The summed E-state index contributed by atoms with van der Waals surface area (Å²) in [5.41, 5.74) is 2.56. The van der Waals surface area contributed by atoms with Crippen molar-refractivity contribution >= 4 is 29.0 Å². The molecule has 0 radical (unpaired) electrons. The standard InChI is InChI=1S/C27H28FN5OS2/c28-21-11-13-23(14-12-21)33-24(31-32-27(33)36-17-19-7-3-1-4-8-19)16-29-25(34)15-22-18-35-26(30-22)20-9-5-2-6-10-20/h2,5-6,9-14,18-19H,1,3-4,7-8,15-17H2,(H,29,34). The Morgan fingerprint density at radius 1 is 1.06 bits per heavy atom. The lowest BCUT2D eigenvalue weighted by Crippen LogP contribution is -2.26. The number of rotatable bonds is 9. The van der Waals surface area contributed by atoms with E-state index in [0.717, 1.165) is 32.9 Å². The van der Waals surface area contributed by atoms with Gasteiger partial charge in [-0.05, 0) is 43.0 Å². The van der Waals surface area contributed by atoms with Gasteiger partial charge in [0, 0.05) is 22.4 Å². The molecule has 1 N–H and O–H groups in total. The second-order valence-electron chi connectivity index (χ2n) is 8.99. The van der Waals surface area contributed by atoms with Gasteiger partial charge in [-0.15, -0.1) is 21.5 Å². The van der Waals surface area contributed by atoms with Crippen LogP contribution in [0.25, 0.3) is 16.3 Å². The smallest absolute Gasteiger partial charge is 0.226 e. The minimum absolute atomic E-state index is 0.134. The molecule has 0 spiro atoms. The third kappa shape index (κ3) is 6.20. The van der Waals surface area contributed by atoms with Crippen LogP contribution in [0.4, 0.5) is 4.39 Å². The summed E-state index contributed by atoms with van der Waals surface area (Å²) in [6.07, 6.45) is 6.60. The Morgan fingerprint density at radius 3 is 2.61 bits per heavy atom. The largest absolute Gasteiger partial charge is 0.348 e. The van der Waals surface area contributed by atoms with Crippen LogP contribution in [0.2, 0.25) is 0 Å². The summed E-state index contributed by atoms with van der Waals surface area (Å²) < 4.78 is 15.5. The highest BCUT2D eigenvalue weighted by Gasteiger charge is 2.19. The lowest BCUT2D eigenvalue weighted by Gasteiger charge is -2.20. The van der Waals surface area contributed by atoms with E-state index < -0.39 is 0 Å². The van der Waals surface area contributed by atoms with E-state index in [1.165, 1.54) is 55.6 Å². The van der Waals surface area contributed by atoms with Crippen LogP contribution in [-0.4, -0.2) is 31.4 Å². The number of thioether (sulfide) groups is 1. The first-order chi connectivity index (χ1) is 17.7. The molecule has 1 amide bonds. The molecule has 186 valence electrons. The van der Waals surface area contributed by atoms with E-state index in [0.29, 0.717) is 11.7 Å². The van der Waals surface area contributed by atoms with Crippen molar-refractivity contribution in [3.05, 3.63) is 77.3 Å². The molecular formula is C27H28FN5OS2. The molecule has 6 nitrogen and oxygen atoms in total. The molecule has 1 aliphatic rings. The number of amides is 1. The molecule has 1 fully saturated rings. The number of hydrogen-bond donors (Lipinski definition) is 1. The molecule has 0 aliphatic heterocycles. The SMILES string of the molecule is O=C(Cc1csc(-c2ccccc2)n1)NCc1nnc(SCC2CCCCC2)n1-c1ccc(F)cc1. The Hall–Kier alpha value is -3.04. The van der Waals surface area contributed by atoms with Crippen LogP contribution in [0.5, 0.6) is 0 Å². The Balaban J connectivity index is 1.26. The molecule has 9 heteroatoms. The number of carbonyl (C=O) groups excluding carboxylic acids is 1. The average Bonchev–Trinajstić information content (AvgIpc) is 3.55. The monoisotopic (exact) mass is 521 g/mol. The summed E-state index contributed by atoms with van der Waals surface area (Å²) in [6, 6.07) is 16.2. The van der Waals surface area contributed by atoms with E-state index in [1.54, 1.807) is 23.9 Å². The van der Waals surface area contributed by atoms with Gasteiger partial charge in [-0.2, -0.15) is 0 Å². The highest BCUT2D eigenvalue weighted by molar-refractivity contribution is 7.99. The summed E-state index contributed by atoms with van der Waals surface area (Å²) >= 11 is 3.21. The summed E-state index contributed by atoms with van der Waals surface area (Å²) in [4.78, 5) is 17.3. The Morgan fingerprint density at radius 2 is 1.83 bits per heavy atom. The van der Waals surface area contributed by atoms with Gasteiger partial charge >= 0.3 is 0 Å². The molecule has 0 atom stereocenters. The van der Waals surface area contributed by atoms with Crippen LogP contribution in [0.15, 0.2) is 65.1 Å². The number of nitrogens with one attached hydrogen (secondary N) is 1. The lowest BCUT2D eigenvalue weighted by molar-refractivity contribution is -0.120. The molecule has 4 aromatic rings. The van der Waals surface area contributed by atoms with E-state index in [4.69, 9.17) is 0 Å². The molecular weight excluding hydrogens is 493 g/mol. The van der Waals surface area contributed by atoms with Crippen LogP contribution in [0, 0.1) is 11.7 Å². The predicted molar refractivity (Wildman–Crippen MR) is 142 cm³/mol. The number of nitrogens with zero attached hydrogens (tertiary/aromatic N) is 4. The van der Waals surface area contributed by atoms with Crippen molar-refractivity contribution in [3.8, 4) is 16.3 Å². The molecule has 1 aliphatic carbocycles. The van der Waals surface area contributed by atoms with Gasteiger partial charge in [0.2, 0.25) is 5.91 Å². The van der Waals surface area contributed by atoms with Crippen molar-refractivity contribution in [1.82, 2.24) is 25.1 Å². The van der Waals surface area contributed by atoms with Crippen molar-refractivity contribution in [2.24, 2.45) is 5.92 Å².